The van der Waals surface area contributed by atoms with Crippen molar-refractivity contribution in [1.82, 2.24) is 15.7 Å². The second-order valence-corrected chi connectivity index (χ2v) is 6.76. The van der Waals surface area contributed by atoms with Crippen LogP contribution in [0.15, 0.2) is 12.1 Å². The molecule has 2 aliphatic rings. The van der Waals surface area contributed by atoms with Gasteiger partial charge in [-0.05, 0) is 56.0 Å². The van der Waals surface area contributed by atoms with Gasteiger partial charge in [0.25, 0.3) is 0 Å². The molecule has 0 fully saturated rings. The van der Waals surface area contributed by atoms with E-state index in [0.29, 0.717) is 13.2 Å². The average molecular weight is 349 g/mol. The summed E-state index contributed by atoms with van der Waals surface area (Å²) in [5.74, 6) is 1.48. The second kappa shape index (κ2) is 8.51. The molecular formula is C18H27N3O4. The SMILES string of the molecule is C[C@@H](CN1CCCCc2cc3c(cc2C1)OCCO3)NC(=O)CNO. The average Bonchev–Trinajstić information content (AvgIpc) is 2.56. The third-order valence-corrected chi connectivity index (χ3v) is 4.61. The zero-order valence-corrected chi connectivity index (χ0v) is 14.7. The van der Waals surface area contributed by atoms with Gasteiger partial charge in [-0.1, -0.05) is 0 Å². The van der Waals surface area contributed by atoms with E-state index in [1.54, 1.807) is 0 Å². The predicted molar refractivity (Wildman–Crippen MR) is 93.0 cm³/mol. The summed E-state index contributed by atoms with van der Waals surface area (Å²) in [5, 5.41) is 11.5. The predicted octanol–water partition coefficient (Wildman–Crippen LogP) is 1.08. The number of hydrogen-bond donors (Lipinski definition) is 3. The molecule has 1 aromatic rings. The minimum Gasteiger partial charge on any atom is -0.486 e. The normalized spacial score (nSPS) is 18.6. The Balaban J connectivity index is 1.68. The minimum atomic E-state index is -0.206. The van der Waals surface area contributed by atoms with E-state index in [0.717, 1.165) is 50.4 Å². The molecule has 0 aliphatic carbocycles. The van der Waals surface area contributed by atoms with Gasteiger partial charge >= 0.3 is 0 Å². The van der Waals surface area contributed by atoms with Crippen molar-refractivity contribution in [3.8, 4) is 11.5 Å². The Morgan fingerprint density at radius 3 is 2.68 bits per heavy atom. The Morgan fingerprint density at radius 2 is 1.96 bits per heavy atom. The number of nitrogens with one attached hydrogen (secondary N) is 2. The highest BCUT2D eigenvalue weighted by atomic mass is 16.6. The number of hydrogen-bond acceptors (Lipinski definition) is 6. The molecule has 1 amide bonds. The summed E-state index contributed by atoms with van der Waals surface area (Å²) in [6.45, 7) is 5.71. The van der Waals surface area contributed by atoms with Crippen molar-refractivity contribution in [2.75, 3.05) is 32.8 Å². The maximum Gasteiger partial charge on any atom is 0.236 e. The van der Waals surface area contributed by atoms with Gasteiger partial charge in [-0.3, -0.25) is 9.69 Å². The summed E-state index contributed by atoms with van der Waals surface area (Å²) >= 11 is 0. The Hall–Kier alpha value is -1.83. The summed E-state index contributed by atoms with van der Waals surface area (Å²) in [6, 6.07) is 4.26. The van der Waals surface area contributed by atoms with Crippen molar-refractivity contribution < 1.29 is 19.5 Å². The fourth-order valence-electron chi connectivity index (χ4n) is 3.51. The molecule has 0 saturated heterocycles. The zero-order valence-electron chi connectivity index (χ0n) is 14.7. The highest BCUT2D eigenvalue weighted by Gasteiger charge is 2.20. The van der Waals surface area contributed by atoms with E-state index in [-0.39, 0.29) is 18.5 Å². The lowest BCUT2D eigenvalue weighted by molar-refractivity contribution is -0.122. The van der Waals surface area contributed by atoms with E-state index in [1.165, 1.54) is 11.1 Å². The number of nitrogens with zero attached hydrogens (tertiary/aromatic N) is 1. The Kier molecular flexibility index (Phi) is 6.12. The number of amides is 1. The van der Waals surface area contributed by atoms with Gasteiger partial charge in [-0.2, -0.15) is 5.48 Å². The van der Waals surface area contributed by atoms with Gasteiger partial charge < -0.3 is 20.0 Å². The van der Waals surface area contributed by atoms with E-state index in [9.17, 15) is 4.79 Å². The number of fused-ring (bicyclic) bond motifs is 2. The van der Waals surface area contributed by atoms with Crippen LogP contribution in [-0.4, -0.2) is 54.9 Å². The number of hydroxylamine groups is 1. The number of ether oxygens (including phenoxy) is 2. The Bertz CT molecular complexity index is 608. The van der Waals surface area contributed by atoms with Gasteiger partial charge in [0.15, 0.2) is 11.5 Å². The van der Waals surface area contributed by atoms with Gasteiger partial charge in [0, 0.05) is 19.1 Å². The molecule has 0 saturated carbocycles. The van der Waals surface area contributed by atoms with Crippen LogP contribution < -0.4 is 20.3 Å². The summed E-state index contributed by atoms with van der Waals surface area (Å²) in [7, 11) is 0. The highest BCUT2D eigenvalue weighted by molar-refractivity contribution is 5.78. The lowest BCUT2D eigenvalue weighted by atomic mass is 9.97. The maximum atomic E-state index is 11.6. The van der Waals surface area contributed by atoms with Crippen LogP contribution in [0.5, 0.6) is 11.5 Å². The molecule has 0 bridgehead atoms. The summed E-state index contributed by atoms with van der Waals surface area (Å²) in [4.78, 5) is 14.0. The molecule has 7 nitrogen and oxygen atoms in total. The first-order chi connectivity index (χ1) is 12.2. The molecule has 3 rings (SSSR count). The lowest BCUT2D eigenvalue weighted by Crippen LogP contribution is -2.44. The van der Waals surface area contributed by atoms with Crippen molar-refractivity contribution in [2.45, 2.75) is 38.8 Å². The molecule has 0 unspecified atom stereocenters. The van der Waals surface area contributed by atoms with Crippen molar-refractivity contribution in [3.63, 3.8) is 0 Å². The molecule has 25 heavy (non-hydrogen) atoms. The van der Waals surface area contributed by atoms with Crippen molar-refractivity contribution in [2.24, 2.45) is 0 Å². The molecule has 0 radical (unpaired) electrons. The summed E-state index contributed by atoms with van der Waals surface area (Å²) in [5.41, 5.74) is 4.49. The molecule has 0 spiro atoms. The number of carbonyl (C=O) groups is 1. The summed E-state index contributed by atoms with van der Waals surface area (Å²) < 4.78 is 11.4. The molecule has 2 aliphatic heterocycles. The quantitative estimate of drug-likeness (QED) is 0.690. The summed E-state index contributed by atoms with van der Waals surface area (Å²) in [6.07, 6.45) is 3.33. The van der Waals surface area contributed by atoms with Gasteiger partial charge in [-0.15, -0.1) is 0 Å². The van der Waals surface area contributed by atoms with E-state index >= 15 is 0 Å². The van der Waals surface area contributed by atoms with Crippen LogP contribution in [0.1, 0.15) is 30.9 Å². The first kappa shape index (κ1) is 18.0. The van der Waals surface area contributed by atoms with Crippen LogP contribution in [0.4, 0.5) is 0 Å². The zero-order chi connectivity index (χ0) is 17.6. The maximum absolute atomic E-state index is 11.6. The lowest BCUT2D eigenvalue weighted by Gasteiger charge is -2.30. The van der Waals surface area contributed by atoms with Gasteiger partial charge in [0.05, 0.1) is 6.54 Å². The smallest absolute Gasteiger partial charge is 0.236 e. The first-order valence-electron chi connectivity index (χ1n) is 8.96. The Morgan fingerprint density at radius 1 is 1.24 bits per heavy atom. The third-order valence-electron chi connectivity index (χ3n) is 4.61. The van der Waals surface area contributed by atoms with E-state index < -0.39 is 0 Å². The molecule has 0 aromatic heterocycles. The largest absolute Gasteiger partial charge is 0.486 e. The van der Waals surface area contributed by atoms with Crippen LogP contribution in [-0.2, 0) is 17.8 Å². The Labute approximate surface area is 148 Å². The molecule has 7 heteroatoms. The molecule has 2 heterocycles. The van der Waals surface area contributed by atoms with E-state index in [2.05, 4.69) is 22.3 Å². The molecule has 138 valence electrons. The first-order valence-corrected chi connectivity index (χ1v) is 8.96. The van der Waals surface area contributed by atoms with Gasteiger partial charge in [0.1, 0.15) is 13.2 Å². The van der Waals surface area contributed by atoms with Crippen molar-refractivity contribution >= 4 is 5.91 Å². The molecule has 3 N–H and O–H groups in total. The van der Waals surface area contributed by atoms with Crippen molar-refractivity contribution in [1.29, 1.82) is 0 Å². The molecule has 1 atom stereocenters. The van der Waals surface area contributed by atoms with E-state index in [4.69, 9.17) is 14.7 Å². The number of carbonyl (C=O) groups excluding carboxylic acids is 1. The van der Waals surface area contributed by atoms with Crippen LogP contribution in [0.3, 0.4) is 0 Å². The number of benzene rings is 1. The van der Waals surface area contributed by atoms with Crippen LogP contribution in [0, 0.1) is 0 Å². The molecule has 1 aromatic carbocycles. The van der Waals surface area contributed by atoms with Gasteiger partial charge in [0.2, 0.25) is 5.91 Å². The van der Waals surface area contributed by atoms with E-state index in [1.807, 2.05) is 12.4 Å². The van der Waals surface area contributed by atoms with Gasteiger partial charge in [-0.25, -0.2) is 0 Å². The van der Waals surface area contributed by atoms with Crippen molar-refractivity contribution in [3.05, 3.63) is 23.3 Å². The molecular weight excluding hydrogens is 322 g/mol. The number of aryl methyl sites for hydroxylation is 1. The highest BCUT2D eigenvalue weighted by Crippen LogP contribution is 2.35. The van der Waals surface area contributed by atoms with Crippen LogP contribution in [0.25, 0.3) is 0 Å². The third kappa shape index (κ3) is 4.84. The standard InChI is InChI=1S/C18H27N3O4/c1-13(20-18(22)10-19-23)11-21-5-3-2-4-14-8-16-17(9-15(14)12-21)25-7-6-24-16/h8-9,13,19,23H,2-7,10-12H2,1H3,(H,20,22)/t13-/m0/s1. The topological polar surface area (TPSA) is 83.1 Å². The number of rotatable bonds is 5. The monoisotopic (exact) mass is 349 g/mol. The second-order valence-electron chi connectivity index (χ2n) is 6.76. The van der Waals surface area contributed by atoms with Crippen LogP contribution >= 0.6 is 0 Å². The minimum absolute atomic E-state index is 0.0148. The fourth-order valence-corrected chi connectivity index (χ4v) is 3.51. The fraction of sp³-hybridized carbons (Fsp3) is 0.611. The van der Waals surface area contributed by atoms with Crippen LogP contribution in [0.2, 0.25) is 0 Å².